The van der Waals surface area contributed by atoms with E-state index in [0.29, 0.717) is 0 Å². The molecule has 0 amide bonds. The highest BCUT2D eigenvalue weighted by molar-refractivity contribution is 4.47. The molecule has 0 fully saturated rings. The molecule has 80 heavy (non-hydrogen) atoms. The van der Waals surface area contributed by atoms with Crippen LogP contribution >= 0.6 is 0 Å². The Balaban J connectivity index is -0.000000000884. The highest BCUT2D eigenvalue weighted by atomic mass is 14.0. The van der Waals surface area contributed by atoms with Crippen molar-refractivity contribution in [2.45, 2.75) is 185 Å². The van der Waals surface area contributed by atoms with Crippen molar-refractivity contribution in [3.8, 4) is 12.8 Å². The van der Waals surface area contributed by atoms with E-state index in [0.717, 1.165) is 0 Å². The Kier molecular flexibility index (Phi) is 433000. The zero-order valence-electron chi connectivity index (χ0n) is 53.9. The fourth-order valence-corrected chi connectivity index (χ4v) is 0. The van der Waals surface area contributed by atoms with Crippen molar-refractivity contribution in [3.05, 3.63) is 145 Å². The van der Waals surface area contributed by atoms with Crippen LogP contribution in [0, 0.1) is 12.8 Å². The van der Waals surface area contributed by atoms with Crippen molar-refractivity contribution in [2.24, 2.45) is 0 Å². The summed E-state index contributed by atoms with van der Waals surface area (Å²) in [6.07, 6.45) is 8.00. The van der Waals surface area contributed by atoms with E-state index in [2.05, 4.69) is 158 Å². The van der Waals surface area contributed by atoms with E-state index in [9.17, 15) is 0 Å². The monoisotopic (exact) mass is 1250 g/mol. The largest absolute Gasteiger partial charge is 0.344 e. The van der Waals surface area contributed by atoms with E-state index in [4.69, 9.17) is 0 Å². The molecule has 0 heterocycles. The van der Waals surface area contributed by atoms with Gasteiger partial charge in [0.05, 0.1) is 0 Å². The van der Waals surface area contributed by atoms with E-state index in [1.54, 1.807) is 0 Å². The highest BCUT2D eigenvalue weighted by Crippen LogP contribution is 1.16. The van der Waals surface area contributed by atoms with Crippen LogP contribution in [0.1, 0.15) is 185 Å². The maximum absolute atomic E-state index is 4.00. The Morgan fingerprint density at radius 1 is 0.100 bits per heavy atom. The molecule has 0 aromatic carbocycles. The number of hydrogen-bond acceptors (Lipinski definition) is 30. The van der Waals surface area contributed by atoms with Gasteiger partial charge in [0.2, 0.25) is 0 Å². The summed E-state index contributed by atoms with van der Waals surface area (Å²) in [4.78, 5) is 0. The van der Waals surface area contributed by atoms with Crippen molar-refractivity contribution in [1.29, 1.82) is 0 Å². The summed E-state index contributed by atoms with van der Waals surface area (Å²) in [5.74, 6) is 0. The molecule has 0 radical (unpaired) electrons. The molecule has 0 aliphatic heterocycles. The fraction of sp³-hybridized carbons (Fsp3) is 0.520. The molecule has 0 spiro atoms. The average molecular weight is 1250 g/mol. The van der Waals surface area contributed by atoms with E-state index in [1.807, 2.05) is 111 Å². The van der Waals surface area contributed by atoms with Gasteiger partial charge in [0, 0.05) is 0 Å². The van der Waals surface area contributed by atoms with Gasteiger partial charge >= 0.3 is 0 Å². The van der Waals surface area contributed by atoms with Gasteiger partial charge in [-0.15, -0.1) is 158 Å². The molecule has 90 N–H and O–H groups in total. The lowest BCUT2D eigenvalue weighted by atomic mass is 11.0. The zero-order valence-corrected chi connectivity index (χ0v) is 53.9. The van der Waals surface area contributed by atoms with Gasteiger partial charge in [0.25, 0.3) is 0 Å². The van der Waals surface area contributed by atoms with E-state index >= 15 is 0 Å². The average Bonchev–Trinajstić information content (AvgIpc) is 3.21. The van der Waals surface area contributed by atoms with Gasteiger partial charge in [-0.25, -0.2) is 0 Å². The van der Waals surface area contributed by atoms with Gasteiger partial charge in [-0.05, 0) is 0 Å². The molecule has 30 heteroatoms. The van der Waals surface area contributed by atoms with Gasteiger partial charge in [0.1, 0.15) is 0 Å². The second-order valence-corrected chi connectivity index (χ2v) is 0. The maximum Gasteiger partial charge on any atom is -0.0683 e. The second-order valence-electron chi connectivity index (χ2n) is 0. The van der Waals surface area contributed by atoms with Crippen molar-refractivity contribution in [2.75, 3.05) is 0 Å². The third-order valence-electron chi connectivity index (χ3n) is 0. The molecule has 0 atom stereocenters. The third-order valence-corrected chi connectivity index (χ3v) is 0. The maximum atomic E-state index is 4.00. The van der Waals surface area contributed by atoms with Crippen LogP contribution in [-0.4, -0.2) is 0 Å². The molecule has 0 rings (SSSR count). The fourth-order valence-electron chi connectivity index (χ4n) is 0. The summed E-state index contributed by atoms with van der Waals surface area (Å²) >= 11 is 0. The van der Waals surface area contributed by atoms with E-state index in [-0.39, 0.29) is 259 Å². The number of rotatable bonds is 0. The third kappa shape index (κ3) is 19100. The SMILES string of the molecule is C.C.C.C.C.C.C.C.C.C.C#C.C=C.C=C.C=C.C=C.C=C.C=C.C=C.C=C.C=C.C=C.C=C.CC.CC.CC.CC.CC.CC.CC.CC.N.N.N.N.N.N.N.N.N.N.N.N.N.N.N.N.N.N.N.N.N.N.N.N.N.N.N.N.N.N. The summed E-state index contributed by atoms with van der Waals surface area (Å²) in [5.41, 5.74) is 0. The molecule has 0 aromatic rings. The molecule has 0 bridgehead atoms. The first kappa shape index (κ1) is 1740. The lowest BCUT2D eigenvalue weighted by Crippen LogP contribution is -0.856. The summed E-state index contributed by atoms with van der Waals surface area (Å²) in [6.45, 7) is 98.0. The topological polar surface area (TPSA) is 1050 Å². The minimum atomic E-state index is 0. The smallest absolute Gasteiger partial charge is 0.0683 e. The van der Waals surface area contributed by atoms with Crippen LogP contribution in [0.15, 0.2) is 145 Å². The summed E-state index contributed by atoms with van der Waals surface area (Å²) in [6, 6.07) is 0. The molecule has 30 nitrogen and oxygen atoms in total. The van der Waals surface area contributed by atoms with Gasteiger partial charge in [0.15, 0.2) is 0 Å². The quantitative estimate of drug-likeness (QED) is 0.0791. The van der Waals surface area contributed by atoms with Crippen molar-refractivity contribution in [3.63, 3.8) is 0 Å². The van der Waals surface area contributed by atoms with Crippen LogP contribution < -0.4 is 185 Å². The molecule has 0 saturated heterocycles. The van der Waals surface area contributed by atoms with Crippen molar-refractivity contribution in [1.82, 2.24) is 185 Å². The standard InChI is InChI=1S/8C2H6.11C2H4.C2H2.10CH4.30H3N/c20*1-2;;;;;;;;;;;;;;;;;;;;;;;;;;;;;;;;;;;;;;;;/h8*1-2H3;11*1-2H2;1-2H;10*1H4;30*1H3. The Morgan fingerprint density at radius 2 is 0.100 bits per heavy atom. The highest BCUT2D eigenvalue weighted by Gasteiger charge is 0.948. The van der Waals surface area contributed by atoms with Crippen LogP contribution in [0.4, 0.5) is 0 Å². The summed E-state index contributed by atoms with van der Waals surface area (Å²) < 4.78 is 0. The van der Waals surface area contributed by atoms with Crippen molar-refractivity contribution >= 4 is 0 Å². The first-order valence-corrected chi connectivity index (χ1v) is 13.8. The van der Waals surface area contributed by atoms with Crippen LogP contribution in [0.25, 0.3) is 0 Å². The molecular formula is C50H224N30. The van der Waals surface area contributed by atoms with Crippen LogP contribution in [0.5, 0.6) is 0 Å². The first-order valence-electron chi connectivity index (χ1n) is 13.8. The number of terminal acetylenes is 1. The van der Waals surface area contributed by atoms with Crippen molar-refractivity contribution < 1.29 is 0 Å². The Labute approximate surface area is 525 Å². The van der Waals surface area contributed by atoms with Gasteiger partial charge in [-0.2, -0.15) is 0 Å². The molecule has 0 saturated carbocycles. The summed E-state index contributed by atoms with van der Waals surface area (Å²) in [7, 11) is 0. The Morgan fingerprint density at radius 3 is 0.100 bits per heavy atom. The van der Waals surface area contributed by atoms with Gasteiger partial charge < -0.3 is 185 Å². The minimum absolute atomic E-state index is 0. The van der Waals surface area contributed by atoms with Crippen LogP contribution in [0.3, 0.4) is 0 Å². The second kappa shape index (κ2) is 19900. The molecule has 574 valence electrons. The first-order chi connectivity index (χ1) is 20.0. The Hall–Kier alpha value is -4.50. The number of hydrogen-bond donors (Lipinski definition) is 30. The lowest BCUT2D eigenvalue weighted by Gasteiger charge is -1.07. The molecule has 0 aliphatic carbocycles. The molecule has 0 aliphatic rings. The zero-order chi connectivity index (χ0) is 40.0. The summed E-state index contributed by atoms with van der Waals surface area (Å²) in [5, 5.41) is 0. The normalized spacial score (nSPS) is 1.18. The Bertz CT molecular complexity index is 140. The lowest BCUT2D eigenvalue weighted by molar-refractivity contribution is 1.50. The molecular weight excluding hydrogens is 1020 g/mol. The van der Waals surface area contributed by atoms with Crippen LogP contribution in [-0.2, 0) is 0 Å². The molecule has 0 unspecified atom stereocenters. The van der Waals surface area contributed by atoms with E-state index < -0.39 is 0 Å². The molecule has 0 aromatic heterocycles. The minimum Gasteiger partial charge on any atom is -0.344 e. The predicted octanol–water partition coefficient (Wildman–Crippen LogP) is 28.5. The van der Waals surface area contributed by atoms with Gasteiger partial charge in [-0.3, -0.25) is 0 Å². The predicted molar refractivity (Wildman–Crippen MR) is 442 cm³/mol. The van der Waals surface area contributed by atoms with Crippen LogP contribution in [0.2, 0.25) is 0 Å². The van der Waals surface area contributed by atoms with E-state index in [1.165, 1.54) is 0 Å². The van der Waals surface area contributed by atoms with Gasteiger partial charge in [-0.1, -0.05) is 185 Å².